The normalized spacial score (nSPS) is 16.1. The van der Waals surface area contributed by atoms with Crippen LogP contribution in [0.3, 0.4) is 0 Å². The number of benzene rings is 1. The zero-order valence-electron chi connectivity index (χ0n) is 21.6. The van der Waals surface area contributed by atoms with Gasteiger partial charge in [-0.15, -0.1) is 0 Å². The highest BCUT2D eigenvalue weighted by molar-refractivity contribution is 5.87. The molecular formula is C27H39N5O3. The molecule has 1 aromatic heterocycles. The van der Waals surface area contributed by atoms with Gasteiger partial charge in [0.2, 0.25) is 17.7 Å². The van der Waals surface area contributed by atoms with E-state index in [9.17, 15) is 14.4 Å². The SMILES string of the molecule is CC(=O)NC(C(=O)N1CCC(C(Cc2ccccc2C)N(C)C(=O)Cn2cccn2)CC1)C(C)C. The minimum Gasteiger partial charge on any atom is -0.344 e. The molecule has 0 spiro atoms. The van der Waals surface area contributed by atoms with Crippen molar-refractivity contribution in [1.82, 2.24) is 24.9 Å². The number of hydrogen-bond donors (Lipinski definition) is 1. The van der Waals surface area contributed by atoms with Gasteiger partial charge in [0.05, 0.1) is 0 Å². The van der Waals surface area contributed by atoms with Crippen molar-refractivity contribution < 1.29 is 14.4 Å². The Hall–Kier alpha value is -3.16. The second-order valence-electron chi connectivity index (χ2n) is 9.99. The van der Waals surface area contributed by atoms with Crippen LogP contribution in [0.4, 0.5) is 0 Å². The predicted molar refractivity (Wildman–Crippen MR) is 135 cm³/mol. The van der Waals surface area contributed by atoms with Crippen LogP contribution in [0.25, 0.3) is 0 Å². The van der Waals surface area contributed by atoms with E-state index in [1.807, 2.05) is 48.9 Å². The predicted octanol–water partition coefficient (Wildman–Crippen LogP) is 2.66. The number of piperidine rings is 1. The van der Waals surface area contributed by atoms with Crippen molar-refractivity contribution in [3.63, 3.8) is 0 Å². The zero-order chi connectivity index (χ0) is 25.5. The maximum Gasteiger partial charge on any atom is 0.245 e. The highest BCUT2D eigenvalue weighted by Gasteiger charge is 2.35. The van der Waals surface area contributed by atoms with E-state index in [4.69, 9.17) is 0 Å². The average molecular weight is 482 g/mol. The van der Waals surface area contributed by atoms with Crippen LogP contribution in [0.1, 0.15) is 44.7 Å². The summed E-state index contributed by atoms with van der Waals surface area (Å²) in [5.41, 5.74) is 2.45. The molecule has 0 aliphatic carbocycles. The molecule has 1 aliphatic heterocycles. The number of carbonyl (C=O) groups excluding carboxylic acids is 3. The van der Waals surface area contributed by atoms with Gasteiger partial charge in [-0.05, 0) is 55.2 Å². The first-order chi connectivity index (χ1) is 16.7. The van der Waals surface area contributed by atoms with Crippen molar-refractivity contribution in [2.45, 2.75) is 65.6 Å². The number of nitrogens with one attached hydrogen (secondary N) is 1. The standard InChI is InChI=1S/C27H39N5O3/c1-19(2)26(29-21(4)33)27(35)31-15-11-22(12-16-31)24(17-23-10-7-6-9-20(23)3)30(5)25(34)18-32-14-8-13-28-32/h6-10,13-14,19,22,24,26H,11-12,15-18H2,1-5H3,(H,29,33). The first kappa shape index (κ1) is 26.4. The van der Waals surface area contributed by atoms with Crippen molar-refractivity contribution in [2.75, 3.05) is 20.1 Å². The maximum atomic E-state index is 13.2. The highest BCUT2D eigenvalue weighted by Crippen LogP contribution is 2.28. The van der Waals surface area contributed by atoms with Gasteiger partial charge >= 0.3 is 0 Å². The molecule has 3 amide bonds. The Balaban J connectivity index is 1.73. The topological polar surface area (TPSA) is 87.5 Å². The number of rotatable bonds is 9. The molecule has 0 saturated carbocycles. The summed E-state index contributed by atoms with van der Waals surface area (Å²) >= 11 is 0. The number of carbonyl (C=O) groups is 3. The van der Waals surface area contributed by atoms with Gasteiger partial charge in [-0.2, -0.15) is 5.10 Å². The van der Waals surface area contributed by atoms with E-state index in [-0.39, 0.29) is 42.1 Å². The van der Waals surface area contributed by atoms with E-state index in [1.165, 1.54) is 18.1 Å². The molecule has 0 radical (unpaired) electrons. The summed E-state index contributed by atoms with van der Waals surface area (Å²) < 4.78 is 1.65. The molecule has 8 heteroatoms. The zero-order valence-corrected chi connectivity index (χ0v) is 21.6. The van der Waals surface area contributed by atoms with E-state index >= 15 is 0 Å². The van der Waals surface area contributed by atoms with Crippen LogP contribution in [0.15, 0.2) is 42.7 Å². The van der Waals surface area contributed by atoms with E-state index < -0.39 is 6.04 Å². The Kier molecular flexibility index (Phi) is 9.07. The molecule has 2 unspecified atom stereocenters. The van der Waals surface area contributed by atoms with Crippen LogP contribution < -0.4 is 5.32 Å². The van der Waals surface area contributed by atoms with Crippen LogP contribution >= 0.6 is 0 Å². The molecule has 2 aromatic rings. The number of nitrogens with zero attached hydrogens (tertiary/aromatic N) is 4. The van der Waals surface area contributed by atoms with E-state index in [0.717, 1.165) is 19.3 Å². The summed E-state index contributed by atoms with van der Waals surface area (Å²) in [6, 6.07) is 9.64. The van der Waals surface area contributed by atoms with Gasteiger partial charge in [0.15, 0.2) is 0 Å². The monoisotopic (exact) mass is 481 g/mol. The summed E-state index contributed by atoms with van der Waals surface area (Å²) in [5, 5.41) is 7.00. The van der Waals surface area contributed by atoms with Gasteiger partial charge < -0.3 is 15.1 Å². The number of aryl methyl sites for hydroxylation is 1. The third kappa shape index (κ3) is 6.93. The van der Waals surface area contributed by atoms with Crippen molar-refractivity contribution in [1.29, 1.82) is 0 Å². The fraction of sp³-hybridized carbons (Fsp3) is 0.556. The number of aromatic nitrogens is 2. The van der Waals surface area contributed by atoms with Gasteiger partial charge in [-0.25, -0.2) is 0 Å². The highest BCUT2D eigenvalue weighted by atomic mass is 16.2. The molecule has 0 bridgehead atoms. The van der Waals surface area contributed by atoms with E-state index in [2.05, 4.69) is 29.5 Å². The Morgan fingerprint density at radius 3 is 2.40 bits per heavy atom. The van der Waals surface area contributed by atoms with Gasteiger partial charge in [0.25, 0.3) is 0 Å². The first-order valence-corrected chi connectivity index (χ1v) is 12.5. The third-order valence-corrected chi connectivity index (χ3v) is 7.12. The molecule has 35 heavy (non-hydrogen) atoms. The Labute approximate surface area is 208 Å². The Morgan fingerprint density at radius 2 is 1.83 bits per heavy atom. The lowest BCUT2D eigenvalue weighted by Gasteiger charge is -2.41. The number of hydrogen-bond acceptors (Lipinski definition) is 4. The fourth-order valence-electron chi connectivity index (χ4n) is 4.95. The molecule has 1 N–H and O–H groups in total. The van der Waals surface area contributed by atoms with E-state index in [1.54, 1.807) is 17.1 Å². The smallest absolute Gasteiger partial charge is 0.245 e. The molecule has 3 rings (SSSR count). The minimum atomic E-state index is -0.509. The summed E-state index contributed by atoms with van der Waals surface area (Å²) in [4.78, 5) is 41.7. The lowest BCUT2D eigenvalue weighted by Crippen LogP contribution is -2.54. The number of amides is 3. The molecule has 2 heterocycles. The van der Waals surface area contributed by atoms with Crippen LogP contribution in [0.2, 0.25) is 0 Å². The van der Waals surface area contributed by atoms with Crippen molar-refractivity contribution >= 4 is 17.7 Å². The van der Waals surface area contributed by atoms with Crippen LogP contribution in [-0.2, 0) is 27.3 Å². The lowest BCUT2D eigenvalue weighted by atomic mass is 9.84. The second kappa shape index (κ2) is 12.0. The first-order valence-electron chi connectivity index (χ1n) is 12.5. The molecule has 1 aromatic carbocycles. The van der Waals surface area contributed by atoms with Crippen LogP contribution in [0.5, 0.6) is 0 Å². The lowest BCUT2D eigenvalue weighted by molar-refractivity contribution is -0.140. The fourth-order valence-corrected chi connectivity index (χ4v) is 4.95. The summed E-state index contributed by atoms with van der Waals surface area (Å²) in [7, 11) is 1.89. The molecule has 1 fully saturated rings. The van der Waals surface area contributed by atoms with Crippen LogP contribution in [-0.4, -0.2) is 69.5 Å². The van der Waals surface area contributed by atoms with E-state index in [0.29, 0.717) is 13.1 Å². The summed E-state index contributed by atoms with van der Waals surface area (Å²) in [6.07, 6.45) is 5.87. The maximum absolute atomic E-state index is 13.2. The average Bonchev–Trinajstić information content (AvgIpc) is 3.34. The van der Waals surface area contributed by atoms with Crippen molar-refractivity contribution in [3.05, 3.63) is 53.9 Å². The molecule has 1 saturated heterocycles. The number of likely N-dealkylation sites (tertiary alicyclic amines) is 1. The third-order valence-electron chi connectivity index (χ3n) is 7.12. The van der Waals surface area contributed by atoms with Gasteiger partial charge in [-0.3, -0.25) is 19.1 Å². The number of likely N-dealkylation sites (N-methyl/N-ethyl adjacent to an activating group) is 1. The van der Waals surface area contributed by atoms with Crippen molar-refractivity contribution in [2.24, 2.45) is 11.8 Å². The Morgan fingerprint density at radius 1 is 1.14 bits per heavy atom. The molecular weight excluding hydrogens is 442 g/mol. The summed E-state index contributed by atoms with van der Waals surface area (Å²) in [5.74, 6) is 0.0959. The summed E-state index contributed by atoms with van der Waals surface area (Å²) in [6.45, 7) is 8.90. The quantitative estimate of drug-likeness (QED) is 0.597. The molecule has 2 atom stereocenters. The Bertz CT molecular complexity index is 996. The molecule has 8 nitrogen and oxygen atoms in total. The van der Waals surface area contributed by atoms with Gasteiger partial charge in [0, 0.05) is 45.5 Å². The molecule has 1 aliphatic rings. The largest absolute Gasteiger partial charge is 0.344 e. The van der Waals surface area contributed by atoms with Crippen molar-refractivity contribution in [3.8, 4) is 0 Å². The second-order valence-corrected chi connectivity index (χ2v) is 9.99. The van der Waals surface area contributed by atoms with Gasteiger partial charge in [0.1, 0.15) is 12.6 Å². The van der Waals surface area contributed by atoms with Crippen LogP contribution in [0, 0.1) is 18.8 Å². The van der Waals surface area contributed by atoms with Gasteiger partial charge in [-0.1, -0.05) is 38.1 Å². The minimum absolute atomic E-state index is 0.0176. The molecule has 190 valence electrons.